The average molecular weight is 204 g/mol. The summed E-state index contributed by atoms with van der Waals surface area (Å²) in [5, 5.41) is 0. The van der Waals surface area contributed by atoms with Crippen molar-refractivity contribution >= 4 is 11.6 Å². The van der Waals surface area contributed by atoms with E-state index in [-0.39, 0.29) is 18.0 Å². The van der Waals surface area contributed by atoms with Gasteiger partial charge < -0.3 is 0 Å². The number of carbonyl (C=O) groups excluding carboxylic acids is 2. The molecule has 15 heavy (non-hydrogen) atoms. The summed E-state index contributed by atoms with van der Waals surface area (Å²) < 4.78 is 0. The molecule has 0 aliphatic heterocycles. The molecule has 80 valence electrons. The van der Waals surface area contributed by atoms with Crippen LogP contribution in [0.1, 0.15) is 30.0 Å². The monoisotopic (exact) mass is 204 g/mol. The third kappa shape index (κ3) is 3.31. The van der Waals surface area contributed by atoms with Gasteiger partial charge in [-0.1, -0.05) is 18.2 Å². The lowest BCUT2D eigenvalue weighted by molar-refractivity contribution is -0.125. The van der Waals surface area contributed by atoms with E-state index in [1.54, 1.807) is 0 Å². The largest absolute Gasteiger partial charge is 0.300 e. The van der Waals surface area contributed by atoms with Crippen LogP contribution < -0.4 is 0 Å². The maximum absolute atomic E-state index is 11.5. The first-order valence-corrected chi connectivity index (χ1v) is 5.07. The molecule has 0 N–H and O–H groups in total. The van der Waals surface area contributed by atoms with Crippen LogP contribution in [0.3, 0.4) is 0 Å². The molecule has 0 aliphatic rings. The molecule has 0 atom stereocenters. The molecule has 2 nitrogen and oxygen atoms in total. The number of ketones is 2. The summed E-state index contributed by atoms with van der Waals surface area (Å²) in [7, 11) is 0. The van der Waals surface area contributed by atoms with Gasteiger partial charge in [0.25, 0.3) is 0 Å². The summed E-state index contributed by atoms with van der Waals surface area (Å²) in [5.41, 5.74) is 3.29. The summed E-state index contributed by atoms with van der Waals surface area (Å²) >= 11 is 0. The average Bonchev–Trinajstić information content (AvgIpc) is 2.10. The van der Waals surface area contributed by atoms with Gasteiger partial charge in [-0.3, -0.25) is 9.59 Å². The van der Waals surface area contributed by atoms with Crippen LogP contribution in [-0.4, -0.2) is 11.6 Å². The molecule has 0 amide bonds. The summed E-state index contributed by atoms with van der Waals surface area (Å²) in [6.45, 7) is 5.43. The van der Waals surface area contributed by atoms with Gasteiger partial charge in [0, 0.05) is 6.42 Å². The third-order valence-corrected chi connectivity index (χ3v) is 2.46. The third-order valence-electron chi connectivity index (χ3n) is 2.46. The molecular formula is C13H16O2. The maximum atomic E-state index is 11.5. The van der Waals surface area contributed by atoms with Crippen molar-refractivity contribution in [2.45, 2.75) is 33.6 Å². The van der Waals surface area contributed by atoms with E-state index < -0.39 is 0 Å². The van der Waals surface area contributed by atoms with Crippen molar-refractivity contribution in [3.63, 3.8) is 0 Å². The van der Waals surface area contributed by atoms with Crippen molar-refractivity contribution in [1.29, 1.82) is 0 Å². The highest BCUT2D eigenvalue weighted by atomic mass is 16.1. The van der Waals surface area contributed by atoms with Gasteiger partial charge in [0.05, 0.1) is 6.42 Å². The standard InChI is InChI=1S/C13H16O2/c1-9-5-4-6-10(2)13(9)8-12(15)7-11(3)14/h4-6H,7-8H2,1-3H3. The lowest BCUT2D eigenvalue weighted by atomic mass is 9.97. The van der Waals surface area contributed by atoms with Crippen molar-refractivity contribution in [3.05, 3.63) is 34.9 Å². The minimum absolute atomic E-state index is 0.0000926. The molecular weight excluding hydrogens is 188 g/mol. The molecule has 2 heteroatoms. The van der Waals surface area contributed by atoms with E-state index in [0.717, 1.165) is 16.7 Å². The van der Waals surface area contributed by atoms with E-state index in [1.807, 2.05) is 32.0 Å². The van der Waals surface area contributed by atoms with Crippen LogP contribution in [0.15, 0.2) is 18.2 Å². The lowest BCUT2D eigenvalue weighted by Gasteiger charge is -2.07. The zero-order valence-corrected chi connectivity index (χ0v) is 9.46. The summed E-state index contributed by atoms with van der Waals surface area (Å²) in [5.74, 6) is -0.0638. The molecule has 1 rings (SSSR count). The first-order valence-electron chi connectivity index (χ1n) is 5.07. The van der Waals surface area contributed by atoms with Gasteiger partial charge in [-0.25, -0.2) is 0 Å². The van der Waals surface area contributed by atoms with Crippen molar-refractivity contribution in [2.75, 3.05) is 0 Å². The first kappa shape index (κ1) is 11.6. The minimum Gasteiger partial charge on any atom is -0.300 e. The van der Waals surface area contributed by atoms with Crippen LogP contribution in [0, 0.1) is 13.8 Å². The van der Waals surface area contributed by atoms with Crippen molar-refractivity contribution in [1.82, 2.24) is 0 Å². The normalized spacial score (nSPS) is 10.1. The summed E-state index contributed by atoms with van der Waals surface area (Å²) in [4.78, 5) is 22.3. The predicted molar refractivity (Wildman–Crippen MR) is 59.9 cm³/mol. The highest BCUT2D eigenvalue weighted by Gasteiger charge is 2.10. The Kier molecular flexibility index (Phi) is 3.78. The Morgan fingerprint density at radius 1 is 1.13 bits per heavy atom. The first-order chi connectivity index (χ1) is 7.00. The van der Waals surface area contributed by atoms with E-state index in [1.165, 1.54) is 6.92 Å². The molecule has 1 aromatic rings. The predicted octanol–water partition coefficient (Wildman–Crippen LogP) is 2.39. The zero-order valence-electron chi connectivity index (χ0n) is 9.46. The van der Waals surface area contributed by atoms with E-state index in [9.17, 15) is 9.59 Å². The summed E-state index contributed by atoms with van der Waals surface area (Å²) in [6.07, 6.45) is 0.422. The van der Waals surface area contributed by atoms with E-state index in [2.05, 4.69) is 0 Å². The van der Waals surface area contributed by atoms with Crippen LogP contribution in [0.4, 0.5) is 0 Å². The van der Waals surface area contributed by atoms with Crippen LogP contribution >= 0.6 is 0 Å². The second kappa shape index (κ2) is 4.87. The number of hydrogen-bond donors (Lipinski definition) is 0. The van der Waals surface area contributed by atoms with Crippen molar-refractivity contribution < 1.29 is 9.59 Å². The minimum atomic E-state index is -0.0637. The van der Waals surface area contributed by atoms with Gasteiger partial charge in [0.1, 0.15) is 11.6 Å². The quantitative estimate of drug-likeness (QED) is 0.706. The van der Waals surface area contributed by atoms with Crippen LogP contribution in [0.5, 0.6) is 0 Å². The highest BCUT2D eigenvalue weighted by Crippen LogP contribution is 2.14. The Morgan fingerprint density at radius 3 is 2.13 bits per heavy atom. The fraction of sp³-hybridized carbons (Fsp3) is 0.385. The molecule has 0 unspecified atom stereocenters. The smallest absolute Gasteiger partial charge is 0.144 e. The molecule has 0 aromatic heterocycles. The number of benzene rings is 1. The second-order valence-corrected chi connectivity index (χ2v) is 3.96. The highest BCUT2D eigenvalue weighted by molar-refractivity contribution is 5.98. The fourth-order valence-electron chi connectivity index (χ4n) is 1.67. The van der Waals surface area contributed by atoms with E-state index in [0.29, 0.717) is 6.42 Å². The van der Waals surface area contributed by atoms with Crippen LogP contribution in [0.2, 0.25) is 0 Å². The Labute approximate surface area is 90.3 Å². The lowest BCUT2D eigenvalue weighted by Crippen LogP contribution is -2.09. The second-order valence-electron chi connectivity index (χ2n) is 3.96. The Bertz CT molecular complexity index is 371. The Balaban J connectivity index is 2.80. The molecule has 1 aromatic carbocycles. The molecule has 0 aliphatic carbocycles. The Morgan fingerprint density at radius 2 is 1.67 bits per heavy atom. The number of rotatable bonds is 4. The molecule has 0 saturated carbocycles. The van der Waals surface area contributed by atoms with Crippen LogP contribution in [0.25, 0.3) is 0 Å². The summed E-state index contributed by atoms with van der Waals surface area (Å²) in [6, 6.07) is 5.95. The molecule has 0 radical (unpaired) electrons. The fourth-order valence-corrected chi connectivity index (χ4v) is 1.67. The number of hydrogen-bond acceptors (Lipinski definition) is 2. The van der Waals surface area contributed by atoms with Gasteiger partial charge in [-0.15, -0.1) is 0 Å². The molecule has 0 fully saturated rings. The topological polar surface area (TPSA) is 34.1 Å². The zero-order chi connectivity index (χ0) is 11.4. The molecule has 0 spiro atoms. The number of carbonyl (C=O) groups is 2. The number of aryl methyl sites for hydroxylation is 2. The SMILES string of the molecule is CC(=O)CC(=O)Cc1c(C)cccc1C. The van der Waals surface area contributed by atoms with Crippen molar-refractivity contribution in [2.24, 2.45) is 0 Å². The molecule has 0 saturated heterocycles. The van der Waals surface area contributed by atoms with Crippen molar-refractivity contribution in [3.8, 4) is 0 Å². The maximum Gasteiger partial charge on any atom is 0.144 e. The van der Waals surface area contributed by atoms with E-state index in [4.69, 9.17) is 0 Å². The Hall–Kier alpha value is -1.44. The van der Waals surface area contributed by atoms with Gasteiger partial charge in [0.15, 0.2) is 0 Å². The van der Waals surface area contributed by atoms with Gasteiger partial charge in [0.2, 0.25) is 0 Å². The number of Topliss-reactive ketones (excluding diaryl/α,β-unsaturated/α-hetero) is 2. The molecule has 0 bridgehead atoms. The van der Waals surface area contributed by atoms with Gasteiger partial charge in [-0.05, 0) is 37.5 Å². The van der Waals surface area contributed by atoms with Gasteiger partial charge in [-0.2, -0.15) is 0 Å². The molecule has 0 heterocycles. The van der Waals surface area contributed by atoms with Gasteiger partial charge >= 0.3 is 0 Å². The van der Waals surface area contributed by atoms with E-state index >= 15 is 0 Å². The van der Waals surface area contributed by atoms with Crippen LogP contribution in [-0.2, 0) is 16.0 Å².